The summed E-state index contributed by atoms with van der Waals surface area (Å²) in [5, 5.41) is 8.99. The van der Waals surface area contributed by atoms with Crippen LogP contribution in [0.1, 0.15) is 28.3 Å². The van der Waals surface area contributed by atoms with Gasteiger partial charge in [-0.25, -0.2) is 0 Å². The van der Waals surface area contributed by atoms with Crippen LogP contribution in [0.4, 0.5) is 0 Å². The summed E-state index contributed by atoms with van der Waals surface area (Å²) in [7, 11) is 0. The van der Waals surface area contributed by atoms with Crippen LogP contribution in [0.15, 0.2) is 84.9 Å². The van der Waals surface area contributed by atoms with Crippen LogP contribution in [0, 0.1) is 0 Å². The van der Waals surface area contributed by atoms with E-state index < -0.39 is 0 Å². The maximum Gasteiger partial charge on any atom is 0.134 e. The summed E-state index contributed by atoms with van der Waals surface area (Å²) >= 11 is 0. The SMILES string of the molecule is c1ccc(CCc2nnc3n2CCN(Cc2ccc(OCc4ccccc4)cc2)CC3)cc1. The van der Waals surface area contributed by atoms with E-state index >= 15 is 0 Å². The van der Waals surface area contributed by atoms with Crippen LogP contribution in [-0.2, 0) is 39.0 Å². The van der Waals surface area contributed by atoms with E-state index in [-0.39, 0.29) is 0 Å². The van der Waals surface area contributed by atoms with E-state index in [9.17, 15) is 0 Å². The van der Waals surface area contributed by atoms with E-state index in [1.54, 1.807) is 0 Å². The van der Waals surface area contributed by atoms with E-state index in [0.717, 1.165) is 62.8 Å². The van der Waals surface area contributed by atoms with Gasteiger partial charge in [-0.05, 0) is 35.2 Å². The van der Waals surface area contributed by atoms with Gasteiger partial charge in [-0.3, -0.25) is 4.90 Å². The van der Waals surface area contributed by atoms with Gasteiger partial charge < -0.3 is 9.30 Å². The number of hydrogen-bond donors (Lipinski definition) is 0. The van der Waals surface area contributed by atoms with Crippen molar-refractivity contribution in [1.29, 1.82) is 0 Å². The molecular formula is C28H30N4O. The first-order valence-electron chi connectivity index (χ1n) is 11.8. The van der Waals surface area contributed by atoms with Crippen LogP contribution in [-0.4, -0.2) is 32.8 Å². The summed E-state index contributed by atoms with van der Waals surface area (Å²) in [5.74, 6) is 3.13. The minimum Gasteiger partial charge on any atom is -0.489 e. The Balaban J connectivity index is 1.13. The van der Waals surface area contributed by atoms with E-state index in [4.69, 9.17) is 4.74 Å². The summed E-state index contributed by atoms with van der Waals surface area (Å²) in [6, 6.07) is 29.4. The second-order valence-corrected chi connectivity index (χ2v) is 8.61. The topological polar surface area (TPSA) is 43.2 Å². The lowest BCUT2D eigenvalue weighted by atomic mass is 10.1. The molecule has 0 spiro atoms. The zero-order valence-corrected chi connectivity index (χ0v) is 18.9. The van der Waals surface area contributed by atoms with Gasteiger partial charge in [0.1, 0.15) is 24.0 Å². The fourth-order valence-corrected chi connectivity index (χ4v) is 4.36. The van der Waals surface area contributed by atoms with Crippen LogP contribution in [0.5, 0.6) is 5.75 Å². The molecule has 4 aromatic rings. The summed E-state index contributed by atoms with van der Waals surface area (Å²) in [5.41, 5.74) is 3.84. The first-order valence-corrected chi connectivity index (χ1v) is 11.8. The second-order valence-electron chi connectivity index (χ2n) is 8.61. The minimum absolute atomic E-state index is 0.596. The average Bonchev–Trinajstić information content (AvgIpc) is 3.15. The van der Waals surface area contributed by atoms with Crippen molar-refractivity contribution < 1.29 is 4.74 Å². The first kappa shape index (κ1) is 21.4. The number of aryl methyl sites for hydroxylation is 2. The lowest BCUT2D eigenvalue weighted by Gasteiger charge is -2.20. The van der Waals surface area contributed by atoms with Crippen LogP contribution in [0.3, 0.4) is 0 Å². The van der Waals surface area contributed by atoms with Gasteiger partial charge in [0, 0.05) is 39.0 Å². The molecule has 0 saturated carbocycles. The van der Waals surface area contributed by atoms with Crippen molar-refractivity contribution in [2.75, 3.05) is 13.1 Å². The Hall–Kier alpha value is -3.44. The van der Waals surface area contributed by atoms with Gasteiger partial charge in [-0.15, -0.1) is 10.2 Å². The fraction of sp³-hybridized carbons (Fsp3) is 0.286. The average molecular weight is 439 g/mol. The third kappa shape index (κ3) is 5.68. The lowest BCUT2D eigenvalue weighted by molar-refractivity contribution is 0.270. The second kappa shape index (κ2) is 10.5. The highest BCUT2D eigenvalue weighted by molar-refractivity contribution is 5.28. The Morgan fingerprint density at radius 2 is 1.39 bits per heavy atom. The zero-order chi connectivity index (χ0) is 22.3. The fourth-order valence-electron chi connectivity index (χ4n) is 4.36. The van der Waals surface area contributed by atoms with E-state index in [0.29, 0.717) is 6.61 Å². The summed E-state index contributed by atoms with van der Waals surface area (Å²) in [4.78, 5) is 2.51. The molecule has 0 radical (unpaired) electrons. The predicted molar refractivity (Wildman–Crippen MR) is 130 cm³/mol. The summed E-state index contributed by atoms with van der Waals surface area (Å²) in [6.07, 6.45) is 2.87. The number of ether oxygens (including phenoxy) is 1. The van der Waals surface area contributed by atoms with Crippen molar-refractivity contribution in [2.45, 2.75) is 39.0 Å². The zero-order valence-electron chi connectivity index (χ0n) is 18.9. The van der Waals surface area contributed by atoms with Gasteiger partial charge in [-0.1, -0.05) is 72.8 Å². The number of aromatic nitrogens is 3. The summed E-state index contributed by atoms with van der Waals surface area (Å²) in [6.45, 7) is 4.50. The predicted octanol–water partition coefficient (Wildman–Crippen LogP) is 4.70. The molecule has 0 aliphatic carbocycles. The van der Waals surface area contributed by atoms with Gasteiger partial charge in [0.2, 0.25) is 0 Å². The largest absolute Gasteiger partial charge is 0.489 e. The maximum atomic E-state index is 5.92. The van der Waals surface area contributed by atoms with E-state index in [1.165, 1.54) is 16.7 Å². The van der Waals surface area contributed by atoms with Gasteiger partial charge in [0.15, 0.2) is 0 Å². The molecule has 0 unspecified atom stereocenters. The van der Waals surface area contributed by atoms with Crippen molar-refractivity contribution in [2.24, 2.45) is 0 Å². The highest BCUT2D eigenvalue weighted by atomic mass is 16.5. The first-order chi connectivity index (χ1) is 16.3. The Morgan fingerprint density at radius 3 is 2.15 bits per heavy atom. The van der Waals surface area contributed by atoms with Crippen molar-refractivity contribution in [3.8, 4) is 5.75 Å². The standard InChI is InChI=1S/C28H30N4O/c1-3-7-23(8-4-1)13-16-27-29-30-28-17-18-31(19-20-32(27)28)21-24-11-14-26(15-12-24)33-22-25-9-5-2-6-10-25/h1-12,14-15H,13,16-22H2. The van der Waals surface area contributed by atoms with Crippen LogP contribution < -0.4 is 4.74 Å². The van der Waals surface area contributed by atoms with Crippen molar-refractivity contribution in [3.63, 3.8) is 0 Å². The third-order valence-corrected chi connectivity index (χ3v) is 6.25. The molecule has 5 heteroatoms. The molecule has 1 aliphatic heterocycles. The van der Waals surface area contributed by atoms with Crippen LogP contribution >= 0.6 is 0 Å². The molecule has 0 bridgehead atoms. The van der Waals surface area contributed by atoms with E-state index in [1.807, 2.05) is 18.2 Å². The highest BCUT2D eigenvalue weighted by Crippen LogP contribution is 2.18. The van der Waals surface area contributed by atoms with Gasteiger partial charge in [0.05, 0.1) is 0 Å². The number of fused-ring (bicyclic) bond motifs is 1. The highest BCUT2D eigenvalue weighted by Gasteiger charge is 2.18. The molecule has 0 fully saturated rings. The maximum absolute atomic E-state index is 5.92. The minimum atomic E-state index is 0.596. The van der Waals surface area contributed by atoms with Crippen LogP contribution in [0.25, 0.3) is 0 Å². The number of hydrogen-bond acceptors (Lipinski definition) is 4. The summed E-state index contributed by atoms with van der Waals surface area (Å²) < 4.78 is 8.26. The Bertz CT molecular complexity index is 1140. The molecule has 168 valence electrons. The number of benzene rings is 3. The normalized spacial score (nSPS) is 13.9. The molecule has 33 heavy (non-hydrogen) atoms. The number of rotatable bonds is 8. The lowest BCUT2D eigenvalue weighted by Crippen LogP contribution is -2.26. The smallest absolute Gasteiger partial charge is 0.134 e. The Labute approximate surface area is 195 Å². The van der Waals surface area contributed by atoms with Crippen molar-refractivity contribution >= 4 is 0 Å². The molecule has 0 atom stereocenters. The monoisotopic (exact) mass is 438 g/mol. The van der Waals surface area contributed by atoms with E-state index in [2.05, 4.69) is 86.4 Å². The van der Waals surface area contributed by atoms with Gasteiger partial charge >= 0.3 is 0 Å². The molecule has 1 aliphatic rings. The Morgan fingerprint density at radius 1 is 0.667 bits per heavy atom. The van der Waals surface area contributed by atoms with Crippen molar-refractivity contribution in [3.05, 3.63) is 113 Å². The van der Waals surface area contributed by atoms with Crippen LogP contribution in [0.2, 0.25) is 0 Å². The van der Waals surface area contributed by atoms with Gasteiger partial charge in [0.25, 0.3) is 0 Å². The molecule has 0 N–H and O–H groups in total. The molecule has 5 rings (SSSR count). The number of nitrogens with zero attached hydrogens (tertiary/aromatic N) is 4. The molecule has 0 amide bonds. The molecule has 3 aromatic carbocycles. The molecule has 0 saturated heterocycles. The Kier molecular flexibility index (Phi) is 6.78. The molecule has 1 aromatic heterocycles. The molecule has 5 nitrogen and oxygen atoms in total. The van der Waals surface area contributed by atoms with Gasteiger partial charge in [-0.2, -0.15) is 0 Å². The van der Waals surface area contributed by atoms with Crippen molar-refractivity contribution in [1.82, 2.24) is 19.7 Å². The molecule has 2 heterocycles. The quantitative estimate of drug-likeness (QED) is 0.400. The third-order valence-electron chi connectivity index (χ3n) is 6.25. The molecular weight excluding hydrogens is 408 g/mol.